The summed E-state index contributed by atoms with van der Waals surface area (Å²) in [5.41, 5.74) is 0.770. The Balaban J connectivity index is 2.28. The Bertz CT molecular complexity index is 742. The summed E-state index contributed by atoms with van der Waals surface area (Å²) < 4.78 is 13.2. The molecule has 0 saturated carbocycles. The Morgan fingerprint density at radius 3 is 2.81 bits per heavy atom. The molecule has 0 spiro atoms. The summed E-state index contributed by atoms with van der Waals surface area (Å²) in [4.78, 5) is 15.9. The SMILES string of the molecule is CNc1ncc(F)cc1C(=O)Nc1ccc(C#N)c(Cl)c1. The van der Waals surface area contributed by atoms with E-state index in [1.807, 2.05) is 6.07 Å². The van der Waals surface area contributed by atoms with E-state index in [2.05, 4.69) is 15.6 Å². The number of hydrogen-bond donors (Lipinski definition) is 2. The quantitative estimate of drug-likeness (QED) is 0.913. The number of rotatable bonds is 3. The van der Waals surface area contributed by atoms with Gasteiger partial charge in [-0.05, 0) is 24.3 Å². The van der Waals surface area contributed by atoms with Crippen molar-refractivity contribution in [3.63, 3.8) is 0 Å². The van der Waals surface area contributed by atoms with Crippen molar-refractivity contribution in [2.75, 3.05) is 17.7 Å². The summed E-state index contributed by atoms with van der Waals surface area (Å²) in [6.45, 7) is 0. The van der Waals surface area contributed by atoms with Crippen LogP contribution in [-0.2, 0) is 0 Å². The van der Waals surface area contributed by atoms with Crippen LogP contribution < -0.4 is 10.6 Å². The van der Waals surface area contributed by atoms with Crippen LogP contribution in [0.15, 0.2) is 30.5 Å². The number of nitrogens with zero attached hydrogens (tertiary/aromatic N) is 2. The zero-order chi connectivity index (χ0) is 15.4. The van der Waals surface area contributed by atoms with E-state index in [0.29, 0.717) is 11.3 Å². The molecule has 0 bridgehead atoms. The van der Waals surface area contributed by atoms with Gasteiger partial charge in [-0.1, -0.05) is 11.6 Å². The number of benzene rings is 1. The summed E-state index contributed by atoms with van der Waals surface area (Å²) in [6, 6.07) is 7.47. The highest BCUT2D eigenvalue weighted by Crippen LogP contribution is 2.21. The number of carbonyl (C=O) groups excluding carboxylic acids is 1. The Kier molecular flexibility index (Phi) is 4.36. The van der Waals surface area contributed by atoms with Gasteiger partial charge >= 0.3 is 0 Å². The molecule has 0 atom stereocenters. The van der Waals surface area contributed by atoms with Crippen LogP contribution in [0.2, 0.25) is 5.02 Å². The fourth-order valence-electron chi connectivity index (χ4n) is 1.69. The Morgan fingerprint density at radius 1 is 1.43 bits per heavy atom. The zero-order valence-electron chi connectivity index (χ0n) is 10.9. The average molecular weight is 305 g/mol. The van der Waals surface area contributed by atoms with Gasteiger partial charge in [-0.3, -0.25) is 4.79 Å². The minimum absolute atomic E-state index is 0.0676. The van der Waals surface area contributed by atoms with Crippen molar-refractivity contribution in [2.45, 2.75) is 0 Å². The van der Waals surface area contributed by atoms with Gasteiger partial charge in [0.05, 0.1) is 22.3 Å². The maximum Gasteiger partial charge on any atom is 0.259 e. The number of nitrogens with one attached hydrogen (secondary N) is 2. The summed E-state index contributed by atoms with van der Waals surface area (Å²) in [5, 5.41) is 14.3. The first-order valence-electron chi connectivity index (χ1n) is 5.89. The van der Waals surface area contributed by atoms with Crippen molar-refractivity contribution in [2.24, 2.45) is 0 Å². The van der Waals surface area contributed by atoms with E-state index < -0.39 is 11.7 Å². The summed E-state index contributed by atoms with van der Waals surface area (Å²) in [6.07, 6.45) is 1.02. The molecule has 2 N–H and O–H groups in total. The van der Waals surface area contributed by atoms with Gasteiger partial charge in [-0.25, -0.2) is 9.37 Å². The van der Waals surface area contributed by atoms with E-state index in [-0.39, 0.29) is 16.4 Å². The first kappa shape index (κ1) is 14.8. The van der Waals surface area contributed by atoms with Crippen molar-refractivity contribution in [3.05, 3.63) is 52.4 Å². The summed E-state index contributed by atoms with van der Waals surface area (Å²) in [5.74, 6) is -0.891. The molecular formula is C14H10ClFN4O. The molecular weight excluding hydrogens is 295 g/mol. The van der Waals surface area contributed by atoms with Crippen molar-refractivity contribution in [1.82, 2.24) is 4.98 Å². The molecule has 1 aromatic carbocycles. The predicted molar refractivity (Wildman–Crippen MR) is 77.9 cm³/mol. The minimum Gasteiger partial charge on any atom is -0.372 e. The van der Waals surface area contributed by atoms with Crippen molar-refractivity contribution in [1.29, 1.82) is 5.26 Å². The molecule has 2 rings (SSSR count). The summed E-state index contributed by atoms with van der Waals surface area (Å²) in [7, 11) is 1.58. The maximum atomic E-state index is 13.2. The van der Waals surface area contributed by atoms with Crippen molar-refractivity contribution in [3.8, 4) is 6.07 Å². The molecule has 5 nitrogen and oxygen atoms in total. The lowest BCUT2D eigenvalue weighted by Gasteiger charge is -2.09. The lowest BCUT2D eigenvalue weighted by molar-refractivity contribution is 0.102. The van der Waals surface area contributed by atoms with Gasteiger partial charge in [0.15, 0.2) is 0 Å². The lowest BCUT2D eigenvalue weighted by Crippen LogP contribution is -2.15. The van der Waals surface area contributed by atoms with Gasteiger partial charge in [0, 0.05) is 12.7 Å². The molecule has 0 aliphatic carbocycles. The third-order valence-electron chi connectivity index (χ3n) is 2.68. The van der Waals surface area contributed by atoms with Crippen molar-refractivity contribution < 1.29 is 9.18 Å². The summed E-state index contributed by atoms with van der Waals surface area (Å²) >= 11 is 5.88. The van der Waals surface area contributed by atoms with Crippen LogP contribution in [0, 0.1) is 17.1 Å². The number of halogens is 2. The smallest absolute Gasteiger partial charge is 0.259 e. The average Bonchev–Trinajstić information content (AvgIpc) is 2.47. The van der Waals surface area contributed by atoms with E-state index in [1.165, 1.54) is 18.2 Å². The van der Waals surface area contributed by atoms with E-state index in [0.717, 1.165) is 12.3 Å². The fraction of sp³-hybridized carbons (Fsp3) is 0.0714. The molecule has 0 saturated heterocycles. The molecule has 0 unspecified atom stereocenters. The number of amides is 1. The topological polar surface area (TPSA) is 77.8 Å². The van der Waals surface area contributed by atoms with Gasteiger partial charge in [-0.15, -0.1) is 0 Å². The second-order valence-corrected chi connectivity index (χ2v) is 4.47. The molecule has 106 valence electrons. The van der Waals surface area contributed by atoms with Crippen LogP contribution in [0.1, 0.15) is 15.9 Å². The van der Waals surface area contributed by atoms with E-state index >= 15 is 0 Å². The van der Waals surface area contributed by atoms with Gasteiger partial charge < -0.3 is 10.6 Å². The zero-order valence-corrected chi connectivity index (χ0v) is 11.7. The Morgan fingerprint density at radius 2 is 2.19 bits per heavy atom. The van der Waals surface area contributed by atoms with Crippen LogP contribution in [0.3, 0.4) is 0 Å². The van der Waals surface area contributed by atoms with Crippen LogP contribution in [0.5, 0.6) is 0 Å². The third-order valence-corrected chi connectivity index (χ3v) is 3.00. The monoisotopic (exact) mass is 304 g/mol. The maximum absolute atomic E-state index is 13.2. The van der Waals surface area contributed by atoms with Gasteiger partial charge in [0.1, 0.15) is 17.7 Å². The predicted octanol–water partition coefficient (Wildman–Crippen LogP) is 3.04. The first-order valence-corrected chi connectivity index (χ1v) is 6.27. The highest BCUT2D eigenvalue weighted by Gasteiger charge is 2.14. The number of pyridine rings is 1. The molecule has 1 heterocycles. The van der Waals surface area contributed by atoms with Crippen LogP contribution in [0.4, 0.5) is 15.9 Å². The number of hydrogen-bond acceptors (Lipinski definition) is 4. The molecule has 7 heteroatoms. The molecule has 0 aliphatic heterocycles. The first-order chi connectivity index (χ1) is 10.0. The van der Waals surface area contributed by atoms with E-state index in [1.54, 1.807) is 7.05 Å². The number of nitriles is 1. The minimum atomic E-state index is -0.614. The normalized spacial score (nSPS) is 9.81. The molecule has 1 amide bonds. The number of anilines is 2. The van der Waals surface area contributed by atoms with Gasteiger partial charge in [0.2, 0.25) is 0 Å². The standard InChI is InChI=1S/C14H10ClFN4O/c1-18-13-11(4-9(16)7-19-13)14(21)20-10-3-2-8(6-17)12(15)5-10/h2-5,7H,1H3,(H,18,19)(H,20,21). The van der Waals surface area contributed by atoms with Crippen LogP contribution in [-0.4, -0.2) is 17.9 Å². The highest BCUT2D eigenvalue weighted by molar-refractivity contribution is 6.32. The Hall–Kier alpha value is -2.65. The second kappa shape index (κ2) is 6.20. The molecule has 2 aromatic rings. The van der Waals surface area contributed by atoms with E-state index in [4.69, 9.17) is 16.9 Å². The molecule has 0 aliphatic rings. The fourth-order valence-corrected chi connectivity index (χ4v) is 1.92. The Labute approximate surface area is 125 Å². The molecule has 1 aromatic heterocycles. The van der Waals surface area contributed by atoms with Gasteiger partial charge in [-0.2, -0.15) is 5.26 Å². The number of carbonyl (C=O) groups is 1. The lowest BCUT2D eigenvalue weighted by atomic mass is 10.2. The van der Waals surface area contributed by atoms with Crippen molar-refractivity contribution >= 4 is 29.0 Å². The second-order valence-electron chi connectivity index (χ2n) is 4.06. The number of aromatic nitrogens is 1. The largest absolute Gasteiger partial charge is 0.372 e. The van der Waals surface area contributed by atoms with Gasteiger partial charge in [0.25, 0.3) is 5.91 Å². The highest BCUT2D eigenvalue weighted by atomic mass is 35.5. The molecule has 0 radical (unpaired) electrons. The third kappa shape index (κ3) is 3.27. The molecule has 21 heavy (non-hydrogen) atoms. The van der Waals surface area contributed by atoms with Crippen LogP contribution in [0.25, 0.3) is 0 Å². The molecule has 0 fully saturated rings. The van der Waals surface area contributed by atoms with Crippen LogP contribution >= 0.6 is 11.6 Å². The van der Waals surface area contributed by atoms with E-state index in [9.17, 15) is 9.18 Å².